The van der Waals surface area contributed by atoms with Gasteiger partial charge in [-0.1, -0.05) is 36.4 Å². The van der Waals surface area contributed by atoms with Gasteiger partial charge in [-0.05, 0) is 18.2 Å². The molecule has 2 heteroatoms. The highest BCUT2D eigenvalue weighted by atomic mass is 14.9. The topological polar surface area (TPSA) is 30.4 Å². The third kappa shape index (κ3) is 1.27. The first kappa shape index (κ1) is 9.04. The minimum atomic E-state index is 0.817. The Bertz CT molecular complexity index is 624. The standard InChI is InChI=1S/C14H12N2/c15-13-10-12-8-4-5-9-16(12)14(13)11-6-2-1-3-7-11/h1-10H,15H2. The third-order valence-corrected chi connectivity index (χ3v) is 2.76. The molecule has 2 aromatic heterocycles. The van der Waals surface area contributed by atoms with Crippen LogP contribution in [0.5, 0.6) is 0 Å². The summed E-state index contributed by atoms with van der Waals surface area (Å²) in [6.07, 6.45) is 2.04. The lowest BCUT2D eigenvalue weighted by Gasteiger charge is -2.03. The Labute approximate surface area is 93.9 Å². The normalized spacial score (nSPS) is 10.8. The van der Waals surface area contributed by atoms with E-state index in [1.54, 1.807) is 0 Å². The number of rotatable bonds is 1. The predicted octanol–water partition coefficient (Wildman–Crippen LogP) is 3.19. The largest absolute Gasteiger partial charge is 0.397 e. The summed E-state index contributed by atoms with van der Waals surface area (Å²) in [6, 6.07) is 18.3. The van der Waals surface area contributed by atoms with Gasteiger partial charge in [0.15, 0.2) is 0 Å². The van der Waals surface area contributed by atoms with Crippen molar-refractivity contribution >= 4 is 11.2 Å². The maximum absolute atomic E-state index is 6.06. The van der Waals surface area contributed by atoms with Crippen LogP contribution >= 0.6 is 0 Å². The number of aromatic nitrogens is 1. The van der Waals surface area contributed by atoms with Crippen LogP contribution in [-0.2, 0) is 0 Å². The molecule has 0 amide bonds. The van der Waals surface area contributed by atoms with E-state index in [-0.39, 0.29) is 0 Å². The van der Waals surface area contributed by atoms with Gasteiger partial charge in [-0.15, -0.1) is 0 Å². The van der Waals surface area contributed by atoms with Crippen molar-refractivity contribution in [2.45, 2.75) is 0 Å². The van der Waals surface area contributed by atoms with Gasteiger partial charge in [0.05, 0.1) is 11.4 Å². The zero-order valence-electron chi connectivity index (χ0n) is 8.80. The van der Waals surface area contributed by atoms with E-state index < -0.39 is 0 Å². The second-order valence-corrected chi connectivity index (χ2v) is 3.81. The Kier molecular flexibility index (Phi) is 1.93. The van der Waals surface area contributed by atoms with Crippen molar-refractivity contribution in [2.24, 2.45) is 0 Å². The van der Waals surface area contributed by atoms with Crippen LogP contribution in [0.15, 0.2) is 60.8 Å². The number of nitrogens with zero attached hydrogens (tertiary/aromatic N) is 1. The molecule has 0 spiro atoms. The van der Waals surface area contributed by atoms with E-state index in [1.165, 1.54) is 0 Å². The van der Waals surface area contributed by atoms with Gasteiger partial charge in [-0.2, -0.15) is 0 Å². The molecule has 0 bridgehead atoms. The molecular formula is C14H12N2. The van der Waals surface area contributed by atoms with Gasteiger partial charge < -0.3 is 10.1 Å². The number of benzene rings is 1. The minimum absolute atomic E-state index is 0.817. The fourth-order valence-electron chi connectivity index (χ4n) is 2.05. The Morgan fingerprint density at radius 2 is 1.62 bits per heavy atom. The molecule has 0 aliphatic heterocycles. The summed E-state index contributed by atoms with van der Waals surface area (Å²) >= 11 is 0. The van der Waals surface area contributed by atoms with E-state index in [0.717, 1.165) is 22.5 Å². The first-order valence-corrected chi connectivity index (χ1v) is 5.27. The summed E-state index contributed by atoms with van der Waals surface area (Å²) in [5.74, 6) is 0. The highest BCUT2D eigenvalue weighted by Crippen LogP contribution is 2.28. The van der Waals surface area contributed by atoms with Crippen molar-refractivity contribution in [1.82, 2.24) is 4.40 Å². The SMILES string of the molecule is Nc1cc2ccccn2c1-c1ccccc1. The highest BCUT2D eigenvalue weighted by molar-refractivity contribution is 5.80. The van der Waals surface area contributed by atoms with Crippen LogP contribution in [0.1, 0.15) is 0 Å². The Hall–Kier alpha value is -2.22. The monoisotopic (exact) mass is 208 g/mol. The van der Waals surface area contributed by atoms with E-state index in [2.05, 4.69) is 22.6 Å². The Morgan fingerprint density at radius 3 is 2.44 bits per heavy atom. The van der Waals surface area contributed by atoms with Crippen molar-refractivity contribution in [3.63, 3.8) is 0 Å². The third-order valence-electron chi connectivity index (χ3n) is 2.76. The number of nitrogen functional groups attached to an aromatic ring is 1. The van der Waals surface area contributed by atoms with E-state index in [0.29, 0.717) is 0 Å². The quantitative estimate of drug-likeness (QED) is 0.654. The van der Waals surface area contributed by atoms with Gasteiger partial charge in [-0.3, -0.25) is 0 Å². The van der Waals surface area contributed by atoms with Gasteiger partial charge in [0, 0.05) is 17.3 Å². The number of anilines is 1. The molecule has 0 saturated carbocycles. The average molecular weight is 208 g/mol. The molecule has 0 unspecified atom stereocenters. The van der Waals surface area contributed by atoms with Crippen LogP contribution in [0.2, 0.25) is 0 Å². The van der Waals surface area contributed by atoms with Crippen molar-refractivity contribution in [3.8, 4) is 11.3 Å². The lowest BCUT2D eigenvalue weighted by molar-refractivity contribution is 1.20. The molecule has 78 valence electrons. The molecule has 0 aliphatic carbocycles. The van der Waals surface area contributed by atoms with Gasteiger partial charge >= 0.3 is 0 Å². The smallest absolute Gasteiger partial charge is 0.0759 e. The van der Waals surface area contributed by atoms with E-state index in [1.807, 2.05) is 42.6 Å². The molecular weight excluding hydrogens is 196 g/mol. The van der Waals surface area contributed by atoms with E-state index in [9.17, 15) is 0 Å². The average Bonchev–Trinajstić information content (AvgIpc) is 2.66. The van der Waals surface area contributed by atoms with E-state index in [4.69, 9.17) is 5.73 Å². The Morgan fingerprint density at radius 1 is 0.875 bits per heavy atom. The summed E-state index contributed by atoms with van der Waals surface area (Å²) in [6.45, 7) is 0. The fraction of sp³-hybridized carbons (Fsp3) is 0. The maximum Gasteiger partial charge on any atom is 0.0759 e. The lowest BCUT2D eigenvalue weighted by atomic mass is 10.1. The van der Waals surface area contributed by atoms with E-state index >= 15 is 0 Å². The summed E-state index contributed by atoms with van der Waals surface area (Å²) in [4.78, 5) is 0. The second kappa shape index (κ2) is 3.42. The summed E-state index contributed by atoms with van der Waals surface area (Å²) in [7, 11) is 0. The minimum Gasteiger partial charge on any atom is -0.397 e. The zero-order valence-corrected chi connectivity index (χ0v) is 8.80. The number of hydrogen-bond acceptors (Lipinski definition) is 1. The molecule has 3 aromatic rings. The molecule has 0 saturated heterocycles. The molecule has 2 N–H and O–H groups in total. The van der Waals surface area contributed by atoms with Crippen LogP contribution in [0, 0.1) is 0 Å². The number of fused-ring (bicyclic) bond motifs is 1. The molecule has 2 heterocycles. The highest BCUT2D eigenvalue weighted by Gasteiger charge is 2.08. The lowest BCUT2D eigenvalue weighted by Crippen LogP contribution is -1.90. The van der Waals surface area contributed by atoms with Crippen molar-refractivity contribution < 1.29 is 0 Å². The molecule has 0 radical (unpaired) electrons. The summed E-state index contributed by atoms with van der Waals surface area (Å²) < 4.78 is 2.12. The summed E-state index contributed by atoms with van der Waals surface area (Å²) in [5.41, 5.74) is 10.2. The number of nitrogens with two attached hydrogens (primary N) is 1. The molecule has 1 aromatic carbocycles. The molecule has 3 rings (SSSR count). The van der Waals surface area contributed by atoms with Crippen LogP contribution in [0.25, 0.3) is 16.8 Å². The first-order chi connectivity index (χ1) is 7.86. The van der Waals surface area contributed by atoms with Gasteiger partial charge in [0.2, 0.25) is 0 Å². The fourth-order valence-corrected chi connectivity index (χ4v) is 2.05. The summed E-state index contributed by atoms with van der Waals surface area (Å²) in [5, 5.41) is 0. The molecule has 0 fully saturated rings. The number of pyridine rings is 1. The molecule has 0 aliphatic rings. The van der Waals surface area contributed by atoms with Crippen molar-refractivity contribution in [1.29, 1.82) is 0 Å². The number of hydrogen-bond donors (Lipinski definition) is 1. The van der Waals surface area contributed by atoms with Gasteiger partial charge in [-0.25, -0.2) is 0 Å². The second-order valence-electron chi connectivity index (χ2n) is 3.81. The molecule has 0 atom stereocenters. The van der Waals surface area contributed by atoms with Crippen LogP contribution in [-0.4, -0.2) is 4.40 Å². The van der Waals surface area contributed by atoms with Crippen LogP contribution in [0.4, 0.5) is 5.69 Å². The van der Waals surface area contributed by atoms with Crippen LogP contribution < -0.4 is 5.73 Å². The molecule has 2 nitrogen and oxygen atoms in total. The van der Waals surface area contributed by atoms with Crippen LogP contribution in [0.3, 0.4) is 0 Å². The van der Waals surface area contributed by atoms with Gasteiger partial charge in [0.25, 0.3) is 0 Å². The first-order valence-electron chi connectivity index (χ1n) is 5.27. The zero-order chi connectivity index (χ0) is 11.0. The van der Waals surface area contributed by atoms with Crippen molar-refractivity contribution in [3.05, 3.63) is 60.8 Å². The predicted molar refractivity (Wildman–Crippen MR) is 67.2 cm³/mol. The van der Waals surface area contributed by atoms with Crippen molar-refractivity contribution in [2.75, 3.05) is 5.73 Å². The molecule has 16 heavy (non-hydrogen) atoms. The van der Waals surface area contributed by atoms with Gasteiger partial charge in [0.1, 0.15) is 0 Å². The maximum atomic E-state index is 6.06. The Balaban J connectivity index is 2.35.